The first-order chi connectivity index (χ1) is 11.6. The number of hydrogen-bond donors (Lipinski definition) is 2. The van der Waals surface area contributed by atoms with E-state index in [1.54, 1.807) is 18.2 Å². The van der Waals surface area contributed by atoms with Gasteiger partial charge in [0.1, 0.15) is 34.8 Å². The zero-order chi connectivity index (χ0) is 17.7. The molecule has 0 aliphatic carbocycles. The van der Waals surface area contributed by atoms with Gasteiger partial charge in [-0.05, 0) is 24.1 Å². The van der Waals surface area contributed by atoms with Gasteiger partial charge in [-0.15, -0.1) is 11.6 Å². The van der Waals surface area contributed by atoms with E-state index in [4.69, 9.17) is 22.1 Å². The molecule has 0 fully saturated rings. The Morgan fingerprint density at radius 3 is 2.58 bits per heavy atom. The summed E-state index contributed by atoms with van der Waals surface area (Å²) in [6.45, 7) is 2.54. The number of H-pyrrole nitrogens is 1. The average molecular weight is 343 g/mol. The number of nitriles is 2. The highest BCUT2D eigenvalue weighted by atomic mass is 35.5. The second-order valence-electron chi connectivity index (χ2n) is 5.02. The Hall–Kier alpha value is -2.96. The van der Waals surface area contributed by atoms with E-state index in [1.807, 2.05) is 19.1 Å². The Kier molecular flexibility index (Phi) is 5.47. The lowest BCUT2D eigenvalue weighted by atomic mass is 9.95. The fourth-order valence-electron chi connectivity index (χ4n) is 2.32. The molecule has 0 amide bonds. The first-order valence-corrected chi connectivity index (χ1v) is 7.78. The van der Waals surface area contributed by atoms with E-state index in [-0.39, 0.29) is 28.4 Å². The van der Waals surface area contributed by atoms with Crippen molar-refractivity contribution >= 4 is 17.4 Å². The third-order valence-corrected chi connectivity index (χ3v) is 3.71. The molecule has 6 nitrogen and oxygen atoms in total. The SMILES string of the molecule is CCCOc1ccc(-c2c(C#N)c(N)[nH]c(=O)c2C#N)cc1CCl. The molecule has 0 saturated carbocycles. The smallest absolute Gasteiger partial charge is 0.268 e. The molecule has 122 valence electrons. The molecule has 0 atom stereocenters. The number of pyridine rings is 1. The van der Waals surface area contributed by atoms with Gasteiger partial charge < -0.3 is 15.5 Å². The highest BCUT2D eigenvalue weighted by molar-refractivity contribution is 6.17. The first-order valence-electron chi connectivity index (χ1n) is 7.25. The minimum Gasteiger partial charge on any atom is -0.493 e. The van der Waals surface area contributed by atoms with Gasteiger partial charge in [0, 0.05) is 11.1 Å². The zero-order valence-corrected chi connectivity index (χ0v) is 13.8. The van der Waals surface area contributed by atoms with E-state index in [2.05, 4.69) is 4.98 Å². The number of rotatable bonds is 5. The molecule has 1 heterocycles. The first kappa shape index (κ1) is 17.4. The lowest BCUT2D eigenvalue weighted by Gasteiger charge is -2.13. The van der Waals surface area contributed by atoms with Crippen molar-refractivity contribution in [3.8, 4) is 29.0 Å². The summed E-state index contributed by atoms with van der Waals surface area (Å²) in [4.78, 5) is 14.3. The number of nitrogens with two attached hydrogens (primary N) is 1. The van der Waals surface area contributed by atoms with Crippen molar-refractivity contribution in [3.05, 3.63) is 45.2 Å². The Morgan fingerprint density at radius 2 is 2.00 bits per heavy atom. The Labute approximate surface area is 144 Å². The van der Waals surface area contributed by atoms with E-state index in [1.165, 1.54) is 0 Å². The van der Waals surface area contributed by atoms with Crippen LogP contribution in [0.25, 0.3) is 11.1 Å². The predicted molar refractivity (Wildman–Crippen MR) is 91.7 cm³/mol. The van der Waals surface area contributed by atoms with Crippen LogP contribution in [0.1, 0.15) is 30.0 Å². The van der Waals surface area contributed by atoms with E-state index in [0.717, 1.165) is 6.42 Å². The van der Waals surface area contributed by atoms with Gasteiger partial charge in [-0.3, -0.25) is 4.79 Å². The molecule has 0 saturated heterocycles. The molecule has 24 heavy (non-hydrogen) atoms. The molecule has 1 aromatic carbocycles. The van der Waals surface area contributed by atoms with Crippen molar-refractivity contribution in [2.45, 2.75) is 19.2 Å². The number of alkyl halides is 1. The normalized spacial score (nSPS) is 10.0. The zero-order valence-electron chi connectivity index (χ0n) is 13.0. The summed E-state index contributed by atoms with van der Waals surface area (Å²) in [7, 11) is 0. The van der Waals surface area contributed by atoms with Gasteiger partial charge in [-0.2, -0.15) is 10.5 Å². The third kappa shape index (κ3) is 3.19. The summed E-state index contributed by atoms with van der Waals surface area (Å²) >= 11 is 5.98. The molecular weight excluding hydrogens is 328 g/mol. The van der Waals surface area contributed by atoms with E-state index < -0.39 is 5.56 Å². The fourth-order valence-corrected chi connectivity index (χ4v) is 2.53. The van der Waals surface area contributed by atoms with Crippen LogP contribution in [-0.2, 0) is 5.88 Å². The van der Waals surface area contributed by atoms with Gasteiger partial charge in [-0.25, -0.2) is 0 Å². The molecule has 0 unspecified atom stereocenters. The summed E-state index contributed by atoms with van der Waals surface area (Å²) in [5.74, 6) is 0.746. The van der Waals surface area contributed by atoms with Crippen LogP contribution in [0, 0.1) is 22.7 Å². The van der Waals surface area contributed by atoms with Crippen molar-refractivity contribution in [3.63, 3.8) is 0 Å². The maximum absolute atomic E-state index is 12.0. The van der Waals surface area contributed by atoms with Gasteiger partial charge in [0.2, 0.25) is 0 Å². The van der Waals surface area contributed by atoms with Crippen LogP contribution in [0.4, 0.5) is 5.82 Å². The molecule has 7 heteroatoms. The number of halogens is 1. The second-order valence-corrected chi connectivity index (χ2v) is 5.29. The van der Waals surface area contributed by atoms with Crippen LogP contribution in [0.15, 0.2) is 23.0 Å². The number of aromatic nitrogens is 1. The number of ether oxygens (including phenoxy) is 1. The van der Waals surface area contributed by atoms with Crippen LogP contribution < -0.4 is 16.0 Å². The lowest BCUT2D eigenvalue weighted by Crippen LogP contribution is -2.16. The lowest BCUT2D eigenvalue weighted by molar-refractivity contribution is 0.315. The maximum Gasteiger partial charge on any atom is 0.268 e. The number of hydrogen-bond acceptors (Lipinski definition) is 5. The summed E-state index contributed by atoms with van der Waals surface area (Å²) in [6.07, 6.45) is 0.852. The Morgan fingerprint density at radius 1 is 1.29 bits per heavy atom. The Bertz CT molecular complexity index is 907. The van der Waals surface area contributed by atoms with Crippen LogP contribution in [-0.4, -0.2) is 11.6 Å². The minimum atomic E-state index is -0.636. The molecule has 3 N–H and O–H groups in total. The molecule has 2 aromatic rings. The van der Waals surface area contributed by atoms with Crippen LogP contribution in [0.5, 0.6) is 5.75 Å². The molecule has 0 radical (unpaired) electrons. The van der Waals surface area contributed by atoms with Crippen molar-refractivity contribution in [2.75, 3.05) is 12.3 Å². The highest BCUT2D eigenvalue weighted by Gasteiger charge is 2.19. The van der Waals surface area contributed by atoms with Crippen molar-refractivity contribution < 1.29 is 4.74 Å². The van der Waals surface area contributed by atoms with E-state index in [0.29, 0.717) is 23.5 Å². The van der Waals surface area contributed by atoms with E-state index in [9.17, 15) is 15.3 Å². The molecule has 0 bridgehead atoms. The molecule has 2 rings (SSSR count). The number of nitrogens with one attached hydrogen (secondary N) is 1. The average Bonchev–Trinajstić information content (AvgIpc) is 2.59. The maximum atomic E-state index is 12.0. The Balaban J connectivity index is 2.71. The van der Waals surface area contributed by atoms with Crippen molar-refractivity contribution in [1.82, 2.24) is 4.98 Å². The molecule has 0 aliphatic heterocycles. The van der Waals surface area contributed by atoms with Gasteiger partial charge in [-0.1, -0.05) is 13.0 Å². The summed E-state index contributed by atoms with van der Waals surface area (Å²) in [5, 5.41) is 18.7. The number of benzene rings is 1. The standard InChI is InChI=1S/C17H15ClN4O2/c1-2-5-24-14-4-3-10(6-11(14)7-18)15-12(8-19)16(21)22-17(23)13(15)9-20/h3-4,6H,2,5,7H2,1H3,(H3,21,22,23). The van der Waals surface area contributed by atoms with Crippen LogP contribution in [0.3, 0.4) is 0 Å². The van der Waals surface area contributed by atoms with Crippen molar-refractivity contribution in [1.29, 1.82) is 10.5 Å². The largest absolute Gasteiger partial charge is 0.493 e. The molecule has 0 aliphatic rings. The van der Waals surface area contributed by atoms with Gasteiger partial charge in [0.15, 0.2) is 0 Å². The fraction of sp³-hybridized carbons (Fsp3) is 0.235. The number of anilines is 1. The van der Waals surface area contributed by atoms with Gasteiger partial charge >= 0.3 is 0 Å². The van der Waals surface area contributed by atoms with E-state index >= 15 is 0 Å². The van der Waals surface area contributed by atoms with Crippen molar-refractivity contribution in [2.24, 2.45) is 0 Å². The topological polar surface area (TPSA) is 116 Å². The predicted octanol–water partition coefficient (Wildman–Crippen LogP) is 2.90. The summed E-state index contributed by atoms with van der Waals surface area (Å²) in [6, 6.07) is 8.87. The highest BCUT2D eigenvalue weighted by Crippen LogP contribution is 2.32. The summed E-state index contributed by atoms with van der Waals surface area (Å²) in [5.41, 5.74) is 6.39. The van der Waals surface area contributed by atoms with Crippen LogP contribution >= 0.6 is 11.6 Å². The molecular formula is C17H15ClN4O2. The number of aromatic amines is 1. The number of nitrogens with zero attached hydrogens (tertiary/aromatic N) is 2. The van der Waals surface area contributed by atoms with Gasteiger partial charge in [0.25, 0.3) is 5.56 Å². The molecule has 0 spiro atoms. The van der Waals surface area contributed by atoms with Gasteiger partial charge in [0.05, 0.1) is 12.5 Å². The summed E-state index contributed by atoms with van der Waals surface area (Å²) < 4.78 is 5.62. The van der Waals surface area contributed by atoms with Crippen LogP contribution in [0.2, 0.25) is 0 Å². The third-order valence-electron chi connectivity index (χ3n) is 3.42. The second kappa shape index (κ2) is 7.54. The monoisotopic (exact) mass is 342 g/mol. The minimum absolute atomic E-state index is 0.0499. The molecule has 1 aromatic heterocycles. The quantitative estimate of drug-likeness (QED) is 0.810. The number of nitrogen functional groups attached to an aromatic ring is 1.